The molecule has 106 valence electrons. The van der Waals surface area contributed by atoms with Crippen molar-refractivity contribution in [2.75, 3.05) is 26.7 Å². The molecule has 1 N–H and O–H groups in total. The smallest absolute Gasteiger partial charge is 0.289 e. The van der Waals surface area contributed by atoms with Gasteiger partial charge in [-0.25, -0.2) is 0 Å². The zero-order chi connectivity index (χ0) is 14.1. The van der Waals surface area contributed by atoms with Crippen LogP contribution in [0.5, 0.6) is 0 Å². The van der Waals surface area contributed by atoms with Gasteiger partial charge < -0.3 is 14.6 Å². The molecule has 1 aromatic carbocycles. The van der Waals surface area contributed by atoms with Crippen molar-refractivity contribution in [2.24, 2.45) is 5.92 Å². The predicted octanol–water partition coefficient (Wildman–Crippen LogP) is 2.77. The van der Waals surface area contributed by atoms with Crippen LogP contribution in [0.4, 0.5) is 0 Å². The van der Waals surface area contributed by atoms with Gasteiger partial charge in [0.1, 0.15) is 0 Å². The number of hydrogen-bond donors (Lipinski definition) is 1. The number of benzene rings is 1. The molecule has 1 aliphatic rings. The number of nitrogens with zero attached hydrogens (tertiary/aromatic N) is 1. The first-order chi connectivity index (χ1) is 9.69. The van der Waals surface area contributed by atoms with Crippen LogP contribution in [0.25, 0.3) is 11.0 Å². The van der Waals surface area contributed by atoms with E-state index in [1.165, 1.54) is 0 Å². The van der Waals surface area contributed by atoms with E-state index in [0.717, 1.165) is 31.4 Å². The maximum absolute atomic E-state index is 12.4. The molecule has 0 aliphatic carbocycles. The second-order valence-electron chi connectivity index (χ2n) is 5.23. The number of carbonyl (C=O) groups is 1. The fraction of sp³-hybridized carbons (Fsp3) is 0.400. The molecular weight excluding hydrogens is 276 g/mol. The van der Waals surface area contributed by atoms with Crippen molar-refractivity contribution in [3.05, 3.63) is 35.0 Å². The van der Waals surface area contributed by atoms with Gasteiger partial charge in [0.05, 0.1) is 5.02 Å². The third-order valence-corrected chi connectivity index (χ3v) is 4.07. The van der Waals surface area contributed by atoms with Gasteiger partial charge >= 0.3 is 0 Å². The molecule has 1 amide bonds. The van der Waals surface area contributed by atoms with Crippen LogP contribution in [0.1, 0.15) is 17.0 Å². The SMILES string of the molecule is CNCC1CCN(C(=O)c2cc3cccc(Cl)c3o2)C1. The van der Waals surface area contributed by atoms with Crippen LogP contribution in [0.15, 0.2) is 28.7 Å². The minimum atomic E-state index is -0.0455. The molecular formula is C15H17ClN2O2. The summed E-state index contributed by atoms with van der Waals surface area (Å²) in [5.41, 5.74) is 0.587. The maximum atomic E-state index is 12.4. The molecule has 1 fully saturated rings. The lowest BCUT2D eigenvalue weighted by molar-refractivity contribution is 0.0758. The van der Waals surface area contributed by atoms with Crippen LogP contribution in [0.2, 0.25) is 5.02 Å². The molecule has 2 aromatic rings. The molecule has 1 aromatic heterocycles. The molecule has 1 saturated heterocycles. The highest BCUT2D eigenvalue weighted by atomic mass is 35.5. The van der Waals surface area contributed by atoms with Gasteiger partial charge in [0, 0.05) is 18.5 Å². The second-order valence-corrected chi connectivity index (χ2v) is 5.64. The van der Waals surface area contributed by atoms with E-state index in [2.05, 4.69) is 5.32 Å². The Morgan fingerprint density at radius 3 is 3.15 bits per heavy atom. The first-order valence-corrected chi connectivity index (χ1v) is 7.19. The Labute approximate surface area is 122 Å². The lowest BCUT2D eigenvalue weighted by atomic mass is 10.1. The maximum Gasteiger partial charge on any atom is 0.289 e. The number of likely N-dealkylation sites (tertiary alicyclic amines) is 1. The topological polar surface area (TPSA) is 45.5 Å². The largest absolute Gasteiger partial charge is 0.449 e. The molecule has 1 atom stereocenters. The summed E-state index contributed by atoms with van der Waals surface area (Å²) >= 11 is 6.07. The highest BCUT2D eigenvalue weighted by molar-refractivity contribution is 6.34. The summed E-state index contributed by atoms with van der Waals surface area (Å²) in [4.78, 5) is 14.3. The average Bonchev–Trinajstić information content (AvgIpc) is 3.05. The first-order valence-electron chi connectivity index (χ1n) is 6.81. The molecule has 2 heterocycles. The number of amides is 1. The van der Waals surface area contributed by atoms with Crippen LogP contribution in [0.3, 0.4) is 0 Å². The van der Waals surface area contributed by atoms with E-state index in [9.17, 15) is 4.79 Å². The fourth-order valence-corrected chi connectivity index (χ4v) is 2.98. The van der Waals surface area contributed by atoms with Crippen LogP contribution in [-0.2, 0) is 0 Å². The molecule has 1 aliphatic heterocycles. The number of carbonyl (C=O) groups excluding carboxylic acids is 1. The lowest BCUT2D eigenvalue weighted by Crippen LogP contribution is -2.30. The zero-order valence-corrected chi connectivity index (χ0v) is 12.1. The highest BCUT2D eigenvalue weighted by Gasteiger charge is 2.28. The van der Waals surface area contributed by atoms with Gasteiger partial charge in [0.2, 0.25) is 0 Å². The second kappa shape index (κ2) is 5.46. The summed E-state index contributed by atoms with van der Waals surface area (Å²) in [7, 11) is 1.94. The molecule has 4 nitrogen and oxygen atoms in total. The van der Waals surface area contributed by atoms with Crippen LogP contribution >= 0.6 is 11.6 Å². The molecule has 3 rings (SSSR count). The van der Waals surface area contributed by atoms with Gasteiger partial charge in [-0.1, -0.05) is 23.7 Å². The van der Waals surface area contributed by atoms with E-state index in [-0.39, 0.29) is 5.91 Å². The number of fused-ring (bicyclic) bond motifs is 1. The van der Waals surface area contributed by atoms with Crippen molar-refractivity contribution in [3.63, 3.8) is 0 Å². The molecule has 0 saturated carbocycles. The monoisotopic (exact) mass is 292 g/mol. The zero-order valence-electron chi connectivity index (χ0n) is 11.4. The van der Waals surface area contributed by atoms with Crippen molar-refractivity contribution in [1.29, 1.82) is 0 Å². The highest BCUT2D eigenvalue weighted by Crippen LogP contribution is 2.28. The summed E-state index contributed by atoms with van der Waals surface area (Å²) in [5, 5.41) is 4.56. The standard InChI is InChI=1S/C15H17ClN2O2/c1-17-8-10-5-6-18(9-10)15(19)13-7-11-3-2-4-12(16)14(11)20-13/h2-4,7,10,17H,5-6,8-9H2,1H3. The minimum Gasteiger partial charge on any atom is -0.449 e. The van der Waals surface area contributed by atoms with Crippen molar-refractivity contribution >= 4 is 28.5 Å². The van der Waals surface area contributed by atoms with E-state index in [4.69, 9.17) is 16.0 Å². The van der Waals surface area contributed by atoms with Crippen molar-refractivity contribution in [1.82, 2.24) is 10.2 Å². The van der Waals surface area contributed by atoms with Crippen molar-refractivity contribution in [2.45, 2.75) is 6.42 Å². The third-order valence-electron chi connectivity index (χ3n) is 3.77. The molecule has 0 bridgehead atoms. The van der Waals surface area contributed by atoms with Crippen LogP contribution in [0, 0.1) is 5.92 Å². The van der Waals surface area contributed by atoms with Gasteiger partial charge in [0.25, 0.3) is 5.91 Å². The number of rotatable bonds is 3. The van der Waals surface area contributed by atoms with E-state index in [0.29, 0.717) is 22.3 Å². The van der Waals surface area contributed by atoms with Crippen molar-refractivity contribution < 1.29 is 9.21 Å². The Morgan fingerprint density at radius 2 is 2.40 bits per heavy atom. The van der Waals surface area contributed by atoms with Gasteiger partial charge in [-0.3, -0.25) is 4.79 Å². The van der Waals surface area contributed by atoms with E-state index >= 15 is 0 Å². The lowest BCUT2D eigenvalue weighted by Gasteiger charge is -2.14. The quantitative estimate of drug-likeness (QED) is 0.946. The Morgan fingerprint density at radius 1 is 1.55 bits per heavy atom. The third kappa shape index (κ3) is 2.41. The summed E-state index contributed by atoms with van der Waals surface area (Å²) in [6, 6.07) is 7.29. The Hall–Kier alpha value is -1.52. The Bertz CT molecular complexity index is 638. The number of furan rings is 1. The molecule has 1 unspecified atom stereocenters. The van der Waals surface area contributed by atoms with Gasteiger partial charge in [-0.05, 0) is 38.1 Å². The summed E-state index contributed by atoms with van der Waals surface area (Å²) < 4.78 is 5.63. The summed E-state index contributed by atoms with van der Waals surface area (Å²) in [6.45, 7) is 2.51. The predicted molar refractivity (Wildman–Crippen MR) is 79.2 cm³/mol. The van der Waals surface area contributed by atoms with Gasteiger partial charge in [0.15, 0.2) is 11.3 Å². The van der Waals surface area contributed by atoms with Crippen LogP contribution < -0.4 is 5.32 Å². The number of hydrogen-bond acceptors (Lipinski definition) is 3. The summed E-state index contributed by atoms with van der Waals surface area (Å²) in [5.74, 6) is 0.853. The Balaban J connectivity index is 1.81. The van der Waals surface area contributed by atoms with Crippen LogP contribution in [-0.4, -0.2) is 37.5 Å². The minimum absolute atomic E-state index is 0.0455. The number of nitrogens with one attached hydrogen (secondary N) is 1. The van der Waals surface area contributed by atoms with E-state index in [1.54, 1.807) is 12.1 Å². The summed E-state index contributed by atoms with van der Waals surface area (Å²) in [6.07, 6.45) is 1.04. The molecule has 20 heavy (non-hydrogen) atoms. The van der Waals surface area contributed by atoms with Gasteiger partial charge in [-0.15, -0.1) is 0 Å². The molecule has 0 radical (unpaired) electrons. The Kier molecular flexibility index (Phi) is 3.68. The number of para-hydroxylation sites is 1. The normalized spacial score (nSPS) is 18.9. The molecule has 0 spiro atoms. The van der Waals surface area contributed by atoms with E-state index < -0.39 is 0 Å². The molecule has 5 heteroatoms. The van der Waals surface area contributed by atoms with Crippen molar-refractivity contribution in [3.8, 4) is 0 Å². The van der Waals surface area contributed by atoms with Gasteiger partial charge in [-0.2, -0.15) is 0 Å². The first kappa shape index (κ1) is 13.5. The number of halogens is 1. The fourth-order valence-electron chi connectivity index (χ4n) is 2.76. The average molecular weight is 293 g/mol. The van der Waals surface area contributed by atoms with E-state index in [1.807, 2.05) is 24.1 Å².